The van der Waals surface area contributed by atoms with Gasteiger partial charge in [0.15, 0.2) is 5.65 Å². The van der Waals surface area contributed by atoms with Crippen molar-refractivity contribution in [2.24, 2.45) is 0 Å². The van der Waals surface area contributed by atoms with Gasteiger partial charge >= 0.3 is 5.69 Å². The first-order valence-electron chi connectivity index (χ1n) is 6.27. The van der Waals surface area contributed by atoms with Crippen LogP contribution in [0.1, 0.15) is 33.1 Å². The number of aromatic nitrogens is 4. The van der Waals surface area contributed by atoms with Crippen LogP contribution in [0.15, 0.2) is 15.9 Å². The Morgan fingerprint density at radius 1 is 1.37 bits per heavy atom. The summed E-state index contributed by atoms with van der Waals surface area (Å²) in [6, 6.07) is 0. The van der Waals surface area contributed by atoms with Gasteiger partial charge in [-0.2, -0.15) is 0 Å². The van der Waals surface area contributed by atoms with Crippen LogP contribution in [0.4, 0.5) is 0 Å². The predicted octanol–water partition coefficient (Wildman–Crippen LogP) is 0.354. The van der Waals surface area contributed by atoms with Crippen LogP contribution >= 0.6 is 0 Å². The molecule has 0 fully saturated rings. The van der Waals surface area contributed by atoms with Gasteiger partial charge in [-0.25, -0.2) is 9.78 Å². The van der Waals surface area contributed by atoms with E-state index in [-0.39, 0.29) is 11.2 Å². The molecule has 7 heteroatoms. The number of rotatable bonds is 5. The third-order valence-electron chi connectivity index (χ3n) is 2.99. The second kappa shape index (κ2) is 5.00. The van der Waals surface area contributed by atoms with Crippen LogP contribution in [-0.4, -0.2) is 30.2 Å². The van der Waals surface area contributed by atoms with Gasteiger partial charge in [-0.15, -0.1) is 0 Å². The highest BCUT2D eigenvalue weighted by Gasteiger charge is 2.12. The summed E-state index contributed by atoms with van der Waals surface area (Å²) in [4.78, 5) is 32.9. The third kappa shape index (κ3) is 3.11. The minimum absolute atomic E-state index is 0.280. The van der Waals surface area contributed by atoms with E-state index in [1.54, 1.807) is 13.8 Å². The number of fused-ring (bicyclic) bond motifs is 1. The number of nitrogens with zero attached hydrogens (tertiary/aromatic N) is 2. The van der Waals surface area contributed by atoms with Gasteiger partial charge in [-0.3, -0.25) is 14.3 Å². The molecule has 19 heavy (non-hydrogen) atoms. The molecule has 0 aliphatic rings. The molecule has 2 aromatic rings. The van der Waals surface area contributed by atoms with E-state index < -0.39 is 11.3 Å². The maximum atomic E-state index is 12.0. The van der Waals surface area contributed by atoms with Crippen molar-refractivity contribution >= 4 is 11.2 Å². The van der Waals surface area contributed by atoms with Crippen molar-refractivity contribution < 1.29 is 5.11 Å². The van der Waals surface area contributed by atoms with Crippen molar-refractivity contribution in [3.8, 4) is 0 Å². The Hall–Kier alpha value is -1.89. The van der Waals surface area contributed by atoms with Gasteiger partial charge in [0.25, 0.3) is 5.56 Å². The Labute approximate surface area is 109 Å². The summed E-state index contributed by atoms with van der Waals surface area (Å²) in [6.07, 6.45) is 3.41. The number of unbranched alkanes of at least 4 members (excludes halogenated alkanes) is 1. The van der Waals surface area contributed by atoms with Gasteiger partial charge in [0.2, 0.25) is 0 Å². The number of imidazole rings is 1. The highest BCUT2D eigenvalue weighted by Crippen LogP contribution is 2.11. The fourth-order valence-electron chi connectivity index (χ4n) is 1.98. The molecule has 2 rings (SSSR count). The number of H-pyrrole nitrogens is 2. The highest BCUT2D eigenvalue weighted by molar-refractivity contribution is 5.67. The summed E-state index contributed by atoms with van der Waals surface area (Å²) >= 11 is 0. The maximum absolute atomic E-state index is 12.0. The molecule has 104 valence electrons. The number of aromatic amines is 2. The van der Waals surface area contributed by atoms with Crippen LogP contribution in [0, 0.1) is 0 Å². The van der Waals surface area contributed by atoms with E-state index in [0.29, 0.717) is 24.9 Å². The molecule has 0 atom stereocenters. The fourth-order valence-corrected chi connectivity index (χ4v) is 1.98. The number of hydrogen-bond acceptors (Lipinski definition) is 4. The van der Waals surface area contributed by atoms with Gasteiger partial charge in [-0.1, -0.05) is 0 Å². The molecule has 0 saturated carbocycles. The Morgan fingerprint density at radius 3 is 2.79 bits per heavy atom. The Bertz CT molecular complexity index is 675. The summed E-state index contributed by atoms with van der Waals surface area (Å²) in [6.45, 7) is 3.81. The number of hydrogen-bond donors (Lipinski definition) is 3. The molecule has 2 heterocycles. The normalized spacial score (nSPS) is 12.2. The zero-order valence-corrected chi connectivity index (χ0v) is 11.1. The van der Waals surface area contributed by atoms with Gasteiger partial charge in [-0.05, 0) is 33.1 Å². The first-order chi connectivity index (χ1) is 8.88. The van der Waals surface area contributed by atoms with Crippen LogP contribution in [0.5, 0.6) is 0 Å². The summed E-state index contributed by atoms with van der Waals surface area (Å²) in [5.41, 5.74) is -0.942. The van der Waals surface area contributed by atoms with E-state index in [1.807, 2.05) is 0 Å². The Balaban J connectivity index is 2.13. The molecule has 0 bridgehead atoms. The minimum Gasteiger partial charge on any atom is -0.390 e. The van der Waals surface area contributed by atoms with Crippen LogP contribution in [0.2, 0.25) is 0 Å². The van der Waals surface area contributed by atoms with Crippen LogP contribution in [0.3, 0.4) is 0 Å². The Kier molecular flexibility index (Phi) is 3.57. The standard InChI is InChI=1S/C12H18N4O3/c1-12(2,19)5-3-4-6-16-10(17)8-9(14-7-13-8)15-11(16)18/h7,19H,3-6H2,1-2H3,(H,13,14)(H,15,18). The van der Waals surface area contributed by atoms with Crippen LogP contribution in [0.25, 0.3) is 11.2 Å². The lowest BCUT2D eigenvalue weighted by Gasteiger charge is -2.16. The van der Waals surface area contributed by atoms with Crippen molar-refractivity contribution in [1.82, 2.24) is 19.5 Å². The van der Waals surface area contributed by atoms with E-state index in [0.717, 1.165) is 11.0 Å². The smallest absolute Gasteiger partial charge is 0.330 e. The minimum atomic E-state index is -0.718. The molecule has 0 amide bonds. The average Bonchev–Trinajstić information content (AvgIpc) is 2.74. The lowest BCUT2D eigenvalue weighted by atomic mass is 10.0. The van der Waals surface area contributed by atoms with E-state index >= 15 is 0 Å². The maximum Gasteiger partial charge on any atom is 0.330 e. The monoisotopic (exact) mass is 266 g/mol. The first-order valence-corrected chi connectivity index (χ1v) is 6.27. The molecule has 0 aliphatic heterocycles. The number of aliphatic hydroxyl groups is 1. The van der Waals surface area contributed by atoms with Gasteiger partial charge in [0, 0.05) is 6.54 Å². The summed E-state index contributed by atoms with van der Waals surface area (Å²) < 4.78 is 1.16. The molecular formula is C12H18N4O3. The molecule has 7 nitrogen and oxygen atoms in total. The fraction of sp³-hybridized carbons (Fsp3) is 0.583. The van der Waals surface area contributed by atoms with E-state index in [2.05, 4.69) is 15.0 Å². The molecule has 2 aromatic heterocycles. The van der Waals surface area contributed by atoms with E-state index in [4.69, 9.17) is 0 Å². The lowest BCUT2D eigenvalue weighted by molar-refractivity contribution is 0.0678. The molecule has 0 spiro atoms. The summed E-state index contributed by atoms with van der Waals surface area (Å²) in [5, 5.41) is 9.59. The largest absolute Gasteiger partial charge is 0.390 e. The zero-order chi connectivity index (χ0) is 14.0. The van der Waals surface area contributed by atoms with Gasteiger partial charge in [0.05, 0.1) is 11.9 Å². The van der Waals surface area contributed by atoms with Crippen molar-refractivity contribution in [3.05, 3.63) is 27.2 Å². The Morgan fingerprint density at radius 2 is 2.11 bits per heavy atom. The second-order valence-corrected chi connectivity index (χ2v) is 5.28. The molecule has 0 aromatic carbocycles. The second-order valence-electron chi connectivity index (χ2n) is 5.28. The average molecular weight is 266 g/mol. The predicted molar refractivity (Wildman–Crippen MR) is 71.1 cm³/mol. The molecule has 0 saturated heterocycles. The zero-order valence-electron chi connectivity index (χ0n) is 11.1. The van der Waals surface area contributed by atoms with Crippen molar-refractivity contribution in [2.75, 3.05) is 0 Å². The van der Waals surface area contributed by atoms with Gasteiger partial charge in [0.1, 0.15) is 5.52 Å². The first kappa shape index (κ1) is 13.5. The molecule has 0 radical (unpaired) electrons. The van der Waals surface area contributed by atoms with Crippen molar-refractivity contribution in [3.63, 3.8) is 0 Å². The quantitative estimate of drug-likeness (QED) is 0.679. The molecule has 0 unspecified atom stereocenters. The van der Waals surface area contributed by atoms with Crippen LogP contribution < -0.4 is 11.2 Å². The third-order valence-corrected chi connectivity index (χ3v) is 2.99. The van der Waals surface area contributed by atoms with Gasteiger partial charge < -0.3 is 10.1 Å². The number of nitrogens with one attached hydrogen (secondary N) is 2. The van der Waals surface area contributed by atoms with Crippen LogP contribution in [-0.2, 0) is 6.54 Å². The SMILES string of the molecule is CC(C)(O)CCCCn1c(=O)[nH]c2nc[nH]c2c1=O. The highest BCUT2D eigenvalue weighted by atomic mass is 16.3. The lowest BCUT2D eigenvalue weighted by Crippen LogP contribution is -2.35. The summed E-state index contributed by atoms with van der Waals surface area (Å²) in [5.74, 6) is 0. The molecular weight excluding hydrogens is 248 g/mol. The summed E-state index contributed by atoms with van der Waals surface area (Å²) in [7, 11) is 0. The van der Waals surface area contributed by atoms with Crippen molar-refractivity contribution in [2.45, 2.75) is 45.3 Å². The van der Waals surface area contributed by atoms with Crippen molar-refractivity contribution in [1.29, 1.82) is 0 Å². The topological polar surface area (TPSA) is 104 Å². The molecule has 0 aliphatic carbocycles. The van der Waals surface area contributed by atoms with E-state index in [1.165, 1.54) is 6.33 Å². The van der Waals surface area contributed by atoms with E-state index in [9.17, 15) is 14.7 Å². The molecule has 3 N–H and O–H groups in total.